The van der Waals surface area contributed by atoms with Crippen LogP contribution in [0.25, 0.3) is 22.0 Å². The van der Waals surface area contributed by atoms with Gasteiger partial charge in [-0.05, 0) is 61.0 Å². The van der Waals surface area contributed by atoms with Crippen LogP contribution < -0.4 is 28.3 Å². The number of pyridine rings is 1. The van der Waals surface area contributed by atoms with Crippen molar-refractivity contribution in [2.24, 2.45) is 0 Å². The maximum Gasteiger partial charge on any atom is 0.343 e. The number of nitrogens with zero attached hydrogens (tertiary/aromatic N) is 1. The maximum absolute atomic E-state index is 13.0. The zero-order chi connectivity index (χ0) is 24.1. The number of aromatic nitrogens is 1. The summed E-state index contributed by atoms with van der Waals surface area (Å²) in [5.74, 6) is 2.68. The van der Waals surface area contributed by atoms with Gasteiger partial charge < -0.3 is 23.7 Å². The van der Waals surface area contributed by atoms with Crippen molar-refractivity contribution in [2.45, 2.75) is 19.9 Å². The fourth-order valence-corrected chi connectivity index (χ4v) is 4.93. The van der Waals surface area contributed by atoms with Gasteiger partial charge in [0.2, 0.25) is 12.5 Å². The summed E-state index contributed by atoms with van der Waals surface area (Å²) >= 11 is 0. The van der Waals surface area contributed by atoms with Crippen LogP contribution in [0.3, 0.4) is 0 Å². The van der Waals surface area contributed by atoms with E-state index in [1.165, 1.54) is 5.56 Å². The lowest BCUT2D eigenvalue weighted by atomic mass is 9.92. The minimum Gasteiger partial charge on any atom is -0.497 e. The van der Waals surface area contributed by atoms with E-state index in [1.807, 2.05) is 18.3 Å². The number of esters is 1. The highest BCUT2D eigenvalue weighted by atomic mass is 16.7. The van der Waals surface area contributed by atoms with Crippen molar-refractivity contribution in [1.29, 1.82) is 0 Å². The zero-order valence-corrected chi connectivity index (χ0v) is 19.7. The highest BCUT2D eigenvalue weighted by Gasteiger charge is 2.31. The zero-order valence-electron chi connectivity index (χ0n) is 19.7. The molecule has 1 aromatic heterocycles. The average molecular weight is 471 g/mol. The van der Waals surface area contributed by atoms with Crippen LogP contribution in [0, 0.1) is 6.92 Å². The number of methoxy groups -OCH3 is 2. The van der Waals surface area contributed by atoms with Gasteiger partial charge in [-0.25, -0.2) is 4.79 Å². The molecule has 0 saturated heterocycles. The summed E-state index contributed by atoms with van der Waals surface area (Å²) in [5.41, 5.74) is 5.00. The summed E-state index contributed by atoms with van der Waals surface area (Å²) in [4.78, 5) is 13.0. The van der Waals surface area contributed by atoms with E-state index in [0.29, 0.717) is 22.8 Å². The standard InChI is InChI=1S/C28H24NO6/c1-16-20-8-9-23(32-3)27(35-28(30)17-4-6-19(31-2)7-5-17)22(20)14-29-11-10-18-12-24-25(34-15-33-24)13-21(18)26(16)29/h4-9,12-14H,10-11,15H2,1-3H3/q+1. The van der Waals surface area contributed by atoms with Crippen LogP contribution in [0.5, 0.6) is 28.7 Å². The molecule has 4 aromatic rings. The molecular weight excluding hydrogens is 446 g/mol. The summed E-state index contributed by atoms with van der Waals surface area (Å²) in [6, 6.07) is 14.8. The monoisotopic (exact) mass is 470 g/mol. The van der Waals surface area contributed by atoms with Crippen molar-refractivity contribution in [3.63, 3.8) is 0 Å². The van der Waals surface area contributed by atoms with Crippen LogP contribution >= 0.6 is 0 Å². The van der Waals surface area contributed by atoms with Crippen LogP contribution in [-0.2, 0) is 13.0 Å². The SMILES string of the molecule is COc1ccc(C(=O)Oc2c(OC)ccc3c(C)c4[n+](cc23)CCc2cc3c(cc2-4)OCO3)cc1. The summed E-state index contributed by atoms with van der Waals surface area (Å²) in [6.07, 6.45) is 2.91. The van der Waals surface area contributed by atoms with E-state index in [-0.39, 0.29) is 6.79 Å². The number of carbonyl (C=O) groups excluding carboxylic acids is 1. The molecule has 0 unspecified atom stereocenters. The van der Waals surface area contributed by atoms with Crippen LogP contribution in [0.4, 0.5) is 0 Å². The van der Waals surface area contributed by atoms with Crippen LogP contribution in [-0.4, -0.2) is 27.0 Å². The summed E-state index contributed by atoms with van der Waals surface area (Å²) in [6.45, 7) is 3.13. The fourth-order valence-electron chi connectivity index (χ4n) is 4.93. The number of carbonyl (C=O) groups is 1. The number of rotatable bonds is 4. The topological polar surface area (TPSA) is 67.1 Å². The van der Waals surface area contributed by atoms with E-state index in [2.05, 4.69) is 23.6 Å². The molecule has 3 aromatic carbocycles. The van der Waals surface area contributed by atoms with Crippen molar-refractivity contribution in [3.05, 3.63) is 71.4 Å². The molecule has 0 fully saturated rings. The molecule has 7 heteroatoms. The maximum atomic E-state index is 13.0. The highest BCUT2D eigenvalue weighted by Crippen LogP contribution is 2.43. The Hall–Kier alpha value is -4.26. The number of ether oxygens (including phenoxy) is 5. The van der Waals surface area contributed by atoms with Gasteiger partial charge in [0.05, 0.1) is 30.7 Å². The minimum atomic E-state index is -0.461. The van der Waals surface area contributed by atoms with Crippen LogP contribution in [0.1, 0.15) is 21.5 Å². The lowest BCUT2D eigenvalue weighted by Gasteiger charge is -2.19. The Balaban J connectivity index is 1.48. The molecule has 0 radical (unpaired) electrons. The Morgan fingerprint density at radius 1 is 0.943 bits per heavy atom. The highest BCUT2D eigenvalue weighted by molar-refractivity contribution is 5.99. The Morgan fingerprint density at radius 2 is 1.71 bits per heavy atom. The van der Waals surface area contributed by atoms with Crippen molar-refractivity contribution < 1.29 is 33.0 Å². The first-order chi connectivity index (χ1) is 17.1. The van der Waals surface area contributed by atoms with Gasteiger partial charge in [0.15, 0.2) is 35.7 Å². The third-order valence-corrected chi connectivity index (χ3v) is 6.71. The third-order valence-electron chi connectivity index (χ3n) is 6.71. The molecule has 35 heavy (non-hydrogen) atoms. The van der Waals surface area contributed by atoms with Gasteiger partial charge in [0, 0.05) is 17.4 Å². The van der Waals surface area contributed by atoms with E-state index in [9.17, 15) is 4.79 Å². The lowest BCUT2D eigenvalue weighted by Crippen LogP contribution is -2.40. The molecule has 7 nitrogen and oxygen atoms in total. The van der Waals surface area contributed by atoms with Crippen molar-refractivity contribution in [1.82, 2.24) is 0 Å². The lowest BCUT2D eigenvalue weighted by molar-refractivity contribution is -0.686. The molecule has 0 bridgehead atoms. The number of fused-ring (bicyclic) bond motifs is 5. The van der Waals surface area contributed by atoms with Gasteiger partial charge in [-0.3, -0.25) is 0 Å². The molecule has 6 rings (SSSR count). The van der Waals surface area contributed by atoms with E-state index in [4.69, 9.17) is 23.7 Å². The molecule has 0 amide bonds. The van der Waals surface area contributed by atoms with Gasteiger partial charge >= 0.3 is 5.97 Å². The molecule has 176 valence electrons. The third kappa shape index (κ3) is 3.43. The Labute approximate surface area is 202 Å². The average Bonchev–Trinajstić information content (AvgIpc) is 3.35. The van der Waals surface area contributed by atoms with E-state index in [1.54, 1.807) is 38.5 Å². The first-order valence-electron chi connectivity index (χ1n) is 11.4. The van der Waals surface area contributed by atoms with Crippen molar-refractivity contribution in [3.8, 4) is 40.0 Å². The molecule has 2 aliphatic rings. The molecule has 2 aliphatic heterocycles. The summed E-state index contributed by atoms with van der Waals surface area (Å²) in [5, 5.41) is 1.80. The van der Waals surface area contributed by atoms with Gasteiger partial charge in [-0.1, -0.05) is 0 Å². The predicted molar refractivity (Wildman–Crippen MR) is 129 cm³/mol. The first kappa shape index (κ1) is 21.3. The van der Waals surface area contributed by atoms with Crippen molar-refractivity contribution in [2.75, 3.05) is 21.0 Å². The summed E-state index contributed by atoms with van der Waals surface area (Å²) < 4.78 is 30.1. The Bertz CT molecular complexity index is 1490. The van der Waals surface area contributed by atoms with Crippen LogP contribution in [0.2, 0.25) is 0 Å². The minimum absolute atomic E-state index is 0.248. The van der Waals surface area contributed by atoms with E-state index < -0.39 is 5.97 Å². The second-order valence-electron chi connectivity index (χ2n) is 8.58. The van der Waals surface area contributed by atoms with E-state index in [0.717, 1.165) is 52.1 Å². The number of aryl methyl sites for hydroxylation is 3. The number of hydrogen-bond donors (Lipinski definition) is 0. The second kappa shape index (κ2) is 8.20. The molecule has 0 atom stereocenters. The Morgan fingerprint density at radius 3 is 2.46 bits per heavy atom. The first-order valence-corrected chi connectivity index (χ1v) is 11.4. The molecule has 0 aliphatic carbocycles. The molecule has 0 spiro atoms. The predicted octanol–water partition coefficient (Wildman–Crippen LogP) is 4.62. The number of hydrogen-bond acceptors (Lipinski definition) is 6. The second-order valence-corrected chi connectivity index (χ2v) is 8.58. The van der Waals surface area contributed by atoms with E-state index >= 15 is 0 Å². The molecule has 0 N–H and O–H groups in total. The van der Waals surface area contributed by atoms with Gasteiger partial charge in [-0.15, -0.1) is 0 Å². The quantitative estimate of drug-likeness (QED) is 0.246. The number of benzene rings is 3. The smallest absolute Gasteiger partial charge is 0.343 e. The normalized spacial score (nSPS) is 13.2. The van der Waals surface area contributed by atoms with Gasteiger partial charge in [0.25, 0.3) is 0 Å². The molecular formula is C28H24NO6+. The molecule has 0 saturated carbocycles. The van der Waals surface area contributed by atoms with Gasteiger partial charge in [0.1, 0.15) is 5.75 Å². The van der Waals surface area contributed by atoms with Crippen molar-refractivity contribution >= 4 is 16.7 Å². The largest absolute Gasteiger partial charge is 0.497 e. The van der Waals surface area contributed by atoms with Gasteiger partial charge in [-0.2, -0.15) is 4.57 Å². The fraction of sp³-hybridized carbons (Fsp3) is 0.214. The van der Waals surface area contributed by atoms with Crippen LogP contribution in [0.15, 0.2) is 54.7 Å². The molecule has 3 heterocycles. The summed E-state index contributed by atoms with van der Waals surface area (Å²) in [7, 11) is 3.16. The Kier molecular flexibility index (Phi) is 4.99.